The average Bonchev–Trinajstić information content (AvgIpc) is 2.88. The Labute approximate surface area is 126 Å². The van der Waals surface area contributed by atoms with E-state index in [1.807, 2.05) is 18.4 Å². The van der Waals surface area contributed by atoms with Crippen molar-refractivity contribution in [1.82, 2.24) is 10.3 Å². The van der Waals surface area contributed by atoms with Crippen molar-refractivity contribution in [3.8, 4) is 0 Å². The number of pyridine rings is 1. The predicted molar refractivity (Wildman–Crippen MR) is 81.1 cm³/mol. The van der Waals surface area contributed by atoms with Crippen molar-refractivity contribution >= 4 is 29.3 Å². The van der Waals surface area contributed by atoms with Gasteiger partial charge in [-0.1, -0.05) is 0 Å². The molecular weight excluding hydrogens is 288 g/mol. The molecule has 0 aliphatic heterocycles. The van der Waals surface area contributed by atoms with Crippen LogP contribution in [-0.4, -0.2) is 22.0 Å². The van der Waals surface area contributed by atoms with Gasteiger partial charge in [-0.05, 0) is 36.1 Å². The summed E-state index contributed by atoms with van der Waals surface area (Å²) in [7, 11) is 0. The Morgan fingerprint density at radius 3 is 2.90 bits per heavy atom. The lowest BCUT2D eigenvalue weighted by Gasteiger charge is -2.07. The molecule has 21 heavy (non-hydrogen) atoms. The number of aliphatic carboxylic acids is 1. The van der Waals surface area contributed by atoms with Crippen LogP contribution in [-0.2, 0) is 11.3 Å². The number of nitrogens with one attached hydrogen (secondary N) is 1. The SMILES string of the molecule is Cc1ccsc1CNC(=O)c1ccncc1/C=C/C(=O)O. The van der Waals surface area contributed by atoms with Crippen LogP contribution in [0.2, 0.25) is 0 Å². The maximum Gasteiger partial charge on any atom is 0.328 e. The minimum absolute atomic E-state index is 0.254. The molecule has 0 unspecified atom stereocenters. The van der Waals surface area contributed by atoms with Gasteiger partial charge in [0.25, 0.3) is 5.91 Å². The number of carboxylic acid groups (broad SMARTS) is 1. The number of carboxylic acids is 1. The topological polar surface area (TPSA) is 79.3 Å². The summed E-state index contributed by atoms with van der Waals surface area (Å²) in [5.74, 6) is -1.32. The zero-order valence-electron chi connectivity index (χ0n) is 11.4. The van der Waals surface area contributed by atoms with Crippen molar-refractivity contribution in [2.24, 2.45) is 0 Å². The molecule has 5 nitrogen and oxygen atoms in total. The number of carbonyl (C=O) groups excluding carboxylic acids is 1. The second kappa shape index (κ2) is 6.81. The summed E-state index contributed by atoms with van der Waals surface area (Å²) < 4.78 is 0. The largest absolute Gasteiger partial charge is 0.478 e. The second-order valence-electron chi connectivity index (χ2n) is 4.34. The molecule has 6 heteroatoms. The maximum absolute atomic E-state index is 12.2. The van der Waals surface area contributed by atoms with Gasteiger partial charge in [-0.15, -0.1) is 11.3 Å². The van der Waals surface area contributed by atoms with Crippen LogP contribution in [0.25, 0.3) is 6.08 Å². The van der Waals surface area contributed by atoms with Crippen molar-refractivity contribution in [2.75, 3.05) is 0 Å². The first kappa shape index (κ1) is 14.9. The van der Waals surface area contributed by atoms with E-state index in [-0.39, 0.29) is 5.91 Å². The molecule has 108 valence electrons. The number of rotatable bonds is 5. The van der Waals surface area contributed by atoms with E-state index in [0.717, 1.165) is 16.5 Å². The molecule has 0 spiro atoms. The Hall–Kier alpha value is -2.47. The third kappa shape index (κ3) is 4.00. The minimum Gasteiger partial charge on any atom is -0.478 e. The molecule has 2 N–H and O–H groups in total. The van der Waals surface area contributed by atoms with E-state index >= 15 is 0 Å². The molecule has 0 aliphatic rings. The molecule has 2 aromatic rings. The summed E-state index contributed by atoms with van der Waals surface area (Å²) in [6, 6.07) is 3.57. The van der Waals surface area contributed by atoms with Crippen molar-refractivity contribution in [1.29, 1.82) is 0 Å². The van der Waals surface area contributed by atoms with Crippen LogP contribution in [0.5, 0.6) is 0 Å². The van der Waals surface area contributed by atoms with Gasteiger partial charge < -0.3 is 10.4 Å². The number of hydrogen-bond acceptors (Lipinski definition) is 4. The lowest BCUT2D eigenvalue weighted by atomic mass is 10.1. The van der Waals surface area contributed by atoms with Gasteiger partial charge in [0.05, 0.1) is 6.54 Å². The summed E-state index contributed by atoms with van der Waals surface area (Å²) in [6.07, 6.45) is 5.31. The van der Waals surface area contributed by atoms with Crippen molar-refractivity contribution in [2.45, 2.75) is 13.5 Å². The van der Waals surface area contributed by atoms with Crippen LogP contribution in [0.3, 0.4) is 0 Å². The van der Waals surface area contributed by atoms with Gasteiger partial charge in [-0.25, -0.2) is 4.79 Å². The first-order chi connectivity index (χ1) is 10.1. The minimum atomic E-state index is -1.07. The highest BCUT2D eigenvalue weighted by Gasteiger charge is 2.10. The fourth-order valence-electron chi connectivity index (χ4n) is 1.75. The lowest BCUT2D eigenvalue weighted by molar-refractivity contribution is -0.131. The molecule has 2 aromatic heterocycles. The Kier molecular flexibility index (Phi) is 4.84. The number of carbonyl (C=O) groups is 2. The zero-order valence-corrected chi connectivity index (χ0v) is 12.2. The normalized spacial score (nSPS) is 10.7. The molecule has 1 amide bonds. The fourth-order valence-corrected chi connectivity index (χ4v) is 2.59. The third-order valence-corrected chi connectivity index (χ3v) is 3.90. The first-order valence-corrected chi connectivity index (χ1v) is 7.12. The Bertz CT molecular complexity index is 692. The highest BCUT2D eigenvalue weighted by atomic mass is 32.1. The van der Waals surface area contributed by atoms with Crippen LogP contribution in [0.1, 0.15) is 26.4 Å². The number of aromatic nitrogens is 1. The van der Waals surface area contributed by atoms with E-state index in [1.165, 1.54) is 18.5 Å². The molecule has 2 heterocycles. The maximum atomic E-state index is 12.2. The van der Waals surface area contributed by atoms with Gasteiger partial charge in [0.2, 0.25) is 0 Å². The van der Waals surface area contributed by atoms with Gasteiger partial charge >= 0.3 is 5.97 Å². The monoisotopic (exact) mass is 302 g/mol. The predicted octanol–water partition coefficient (Wildman–Crippen LogP) is 2.48. The van der Waals surface area contributed by atoms with Crippen molar-refractivity contribution in [3.05, 3.63) is 57.6 Å². The van der Waals surface area contributed by atoms with Crippen LogP contribution in [0.4, 0.5) is 0 Å². The van der Waals surface area contributed by atoms with E-state index in [9.17, 15) is 9.59 Å². The van der Waals surface area contributed by atoms with Gasteiger partial charge in [0.1, 0.15) is 0 Å². The molecule has 0 saturated heterocycles. The average molecular weight is 302 g/mol. The van der Waals surface area contributed by atoms with Gasteiger partial charge in [0, 0.05) is 34.5 Å². The molecular formula is C15H14N2O3S. The lowest BCUT2D eigenvalue weighted by Crippen LogP contribution is -2.23. The molecule has 0 bridgehead atoms. The molecule has 0 fully saturated rings. The van der Waals surface area contributed by atoms with E-state index in [2.05, 4.69) is 10.3 Å². The second-order valence-corrected chi connectivity index (χ2v) is 5.34. The van der Waals surface area contributed by atoms with Gasteiger partial charge in [0.15, 0.2) is 0 Å². The van der Waals surface area contributed by atoms with E-state index in [0.29, 0.717) is 17.7 Å². The van der Waals surface area contributed by atoms with E-state index < -0.39 is 5.97 Å². The first-order valence-electron chi connectivity index (χ1n) is 6.24. The molecule has 0 aliphatic carbocycles. The molecule has 0 saturated carbocycles. The van der Waals surface area contributed by atoms with Crippen LogP contribution in [0, 0.1) is 6.92 Å². The van der Waals surface area contributed by atoms with Crippen LogP contribution < -0.4 is 5.32 Å². The summed E-state index contributed by atoms with van der Waals surface area (Å²) >= 11 is 1.59. The molecule has 0 aromatic carbocycles. The standard InChI is InChI=1S/C15H14N2O3S/c1-10-5-7-21-13(10)9-17-15(20)12-4-6-16-8-11(12)2-3-14(18)19/h2-8H,9H2,1H3,(H,17,20)(H,18,19)/b3-2+. The Balaban J connectivity index is 2.12. The van der Waals surface area contributed by atoms with Gasteiger partial charge in [-0.3, -0.25) is 9.78 Å². The number of hydrogen-bond donors (Lipinski definition) is 2. The Morgan fingerprint density at radius 2 is 2.24 bits per heavy atom. The van der Waals surface area contributed by atoms with Crippen LogP contribution >= 0.6 is 11.3 Å². The van der Waals surface area contributed by atoms with Gasteiger partial charge in [-0.2, -0.15) is 0 Å². The number of amides is 1. The van der Waals surface area contributed by atoms with Crippen molar-refractivity contribution in [3.63, 3.8) is 0 Å². The quantitative estimate of drug-likeness (QED) is 0.832. The number of nitrogens with zero attached hydrogens (tertiary/aromatic N) is 1. The van der Waals surface area contributed by atoms with E-state index in [4.69, 9.17) is 5.11 Å². The zero-order chi connectivity index (χ0) is 15.2. The third-order valence-electron chi connectivity index (χ3n) is 2.88. The molecule has 0 atom stereocenters. The van der Waals surface area contributed by atoms with Crippen molar-refractivity contribution < 1.29 is 14.7 Å². The summed E-state index contributed by atoms with van der Waals surface area (Å²) in [6.45, 7) is 2.44. The van der Waals surface area contributed by atoms with Crippen LogP contribution in [0.15, 0.2) is 36.0 Å². The molecule has 2 rings (SSSR count). The summed E-state index contributed by atoms with van der Waals surface area (Å²) in [4.78, 5) is 27.8. The highest BCUT2D eigenvalue weighted by molar-refractivity contribution is 7.10. The number of aryl methyl sites for hydroxylation is 1. The highest BCUT2D eigenvalue weighted by Crippen LogP contribution is 2.15. The smallest absolute Gasteiger partial charge is 0.328 e. The molecule has 0 radical (unpaired) electrons. The van der Waals surface area contributed by atoms with E-state index in [1.54, 1.807) is 17.4 Å². The summed E-state index contributed by atoms with van der Waals surface area (Å²) in [5, 5.41) is 13.5. The number of thiophene rings is 1. The fraction of sp³-hybridized carbons (Fsp3) is 0.133. The summed E-state index contributed by atoms with van der Waals surface area (Å²) in [5.41, 5.74) is 2.01. The Morgan fingerprint density at radius 1 is 1.43 bits per heavy atom.